The van der Waals surface area contributed by atoms with Crippen molar-refractivity contribution in [3.8, 4) is 0 Å². The van der Waals surface area contributed by atoms with Crippen molar-refractivity contribution in [3.63, 3.8) is 0 Å². The van der Waals surface area contributed by atoms with E-state index in [2.05, 4.69) is 15.4 Å². The lowest BCUT2D eigenvalue weighted by Crippen LogP contribution is -2.47. The Labute approximate surface area is 143 Å². The molecule has 2 heterocycles. The summed E-state index contributed by atoms with van der Waals surface area (Å²) >= 11 is 0. The molecule has 2 unspecified atom stereocenters. The van der Waals surface area contributed by atoms with E-state index in [4.69, 9.17) is 0 Å². The van der Waals surface area contributed by atoms with Gasteiger partial charge in [-0.1, -0.05) is 12.8 Å². The minimum atomic E-state index is -4.29. The number of fused-ring (bicyclic) bond motifs is 1. The van der Waals surface area contributed by atoms with Crippen molar-refractivity contribution >= 4 is 16.9 Å². The summed E-state index contributed by atoms with van der Waals surface area (Å²) in [5, 5.41) is 7.48. The molecule has 0 spiro atoms. The number of carbonyl (C=O) groups excluding carboxylic acids is 1. The number of aromatic nitrogens is 3. The van der Waals surface area contributed by atoms with Gasteiger partial charge in [0.15, 0.2) is 5.65 Å². The number of hydrogen-bond donors (Lipinski definition) is 1. The Morgan fingerprint density at radius 2 is 2.00 bits per heavy atom. The monoisotopic (exact) mass is 354 g/mol. The zero-order valence-electron chi connectivity index (χ0n) is 14.2. The number of alkyl halides is 3. The average Bonchev–Trinajstić information content (AvgIpc) is 2.97. The van der Waals surface area contributed by atoms with Crippen molar-refractivity contribution in [2.24, 2.45) is 5.92 Å². The number of rotatable bonds is 3. The van der Waals surface area contributed by atoms with Gasteiger partial charge in [-0.2, -0.15) is 18.3 Å². The van der Waals surface area contributed by atoms with E-state index in [1.165, 1.54) is 6.20 Å². The molecular formula is C17H21F3N4O. The summed E-state index contributed by atoms with van der Waals surface area (Å²) in [6.45, 7) is 3.93. The van der Waals surface area contributed by atoms with Gasteiger partial charge >= 0.3 is 6.18 Å². The summed E-state index contributed by atoms with van der Waals surface area (Å²) in [4.78, 5) is 16.7. The summed E-state index contributed by atoms with van der Waals surface area (Å²) < 4.78 is 41.2. The lowest BCUT2D eigenvalue weighted by molar-refractivity contribution is -0.187. The maximum atomic E-state index is 13.2. The fraction of sp³-hybridized carbons (Fsp3) is 0.588. The molecule has 2 atom stereocenters. The van der Waals surface area contributed by atoms with Crippen molar-refractivity contribution < 1.29 is 18.0 Å². The van der Waals surface area contributed by atoms with Crippen molar-refractivity contribution in [2.75, 3.05) is 0 Å². The first-order valence-corrected chi connectivity index (χ1v) is 8.48. The quantitative estimate of drug-likeness (QED) is 0.910. The molecule has 25 heavy (non-hydrogen) atoms. The summed E-state index contributed by atoms with van der Waals surface area (Å²) in [6.07, 6.45) is 0.346. The zero-order valence-corrected chi connectivity index (χ0v) is 14.2. The van der Waals surface area contributed by atoms with E-state index in [1.54, 1.807) is 16.9 Å². The van der Waals surface area contributed by atoms with Gasteiger partial charge in [-0.3, -0.25) is 4.79 Å². The predicted molar refractivity (Wildman–Crippen MR) is 87.2 cm³/mol. The minimum absolute atomic E-state index is 0.0624. The standard InChI is InChI=1S/C17H21F3N4O/c1-10(2)24-15-11(9-22-24)7-12(8-21-15)16(25)23-14-6-4-3-5-13(14)17(18,19)20/h7-10,13-14H,3-6H2,1-2H3,(H,23,25). The largest absolute Gasteiger partial charge is 0.393 e. The molecule has 1 amide bonds. The number of hydrogen-bond acceptors (Lipinski definition) is 3. The van der Waals surface area contributed by atoms with Crippen LogP contribution in [0.2, 0.25) is 0 Å². The smallest absolute Gasteiger partial charge is 0.349 e. The molecule has 1 aliphatic rings. The van der Waals surface area contributed by atoms with Crippen LogP contribution in [0.25, 0.3) is 11.0 Å². The summed E-state index contributed by atoms with van der Waals surface area (Å²) in [6, 6.07) is 0.865. The van der Waals surface area contributed by atoms with Crippen LogP contribution in [0, 0.1) is 5.92 Å². The molecule has 1 N–H and O–H groups in total. The van der Waals surface area contributed by atoms with Crippen molar-refractivity contribution in [3.05, 3.63) is 24.0 Å². The summed E-state index contributed by atoms with van der Waals surface area (Å²) in [5.74, 6) is -2.00. The highest BCUT2D eigenvalue weighted by Gasteiger charge is 2.46. The number of amides is 1. The maximum absolute atomic E-state index is 13.2. The third-order valence-corrected chi connectivity index (χ3v) is 4.69. The molecule has 1 saturated carbocycles. The van der Waals surface area contributed by atoms with Gasteiger partial charge in [0, 0.05) is 23.7 Å². The normalized spacial score (nSPS) is 21.7. The third kappa shape index (κ3) is 3.62. The fourth-order valence-electron chi connectivity index (χ4n) is 3.39. The van der Waals surface area contributed by atoms with Gasteiger partial charge in [0.05, 0.1) is 17.7 Å². The maximum Gasteiger partial charge on any atom is 0.393 e. The minimum Gasteiger partial charge on any atom is -0.349 e. The van der Waals surface area contributed by atoms with Crippen LogP contribution in [-0.4, -0.2) is 32.9 Å². The lowest BCUT2D eigenvalue weighted by Gasteiger charge is -2.33. The van der Waals surface area contributed by atoms with E-state index in [0.29, 0.717) is 30.3 Å². The molecule has 0 saturated heterocycles. The van der Waals surface area contributed by atoms with E-state index in [0.717, 1.165) is 0 Å². The third-order valence-electron chi connectivity index (χ3n) is 4.69. The second kappa shape index (κ2) is 6.65. The lowest BCUT2D eigenvalue weighted by atomic mass is 9.84. The van der Waals surface area contributed by atoms with Crippen molar-refractivity contribution in [1.29, 1.82) is 0 Å². The van der Waals surface area contributed by atoms with E-state index in [-0.39, 0.29) is 18.0 Å². The molecule has 2 aromatic rings. The molecule has 8 heteroatoms. The number of carbonyl (C=O) groups is 1. The first-order chi connectivity index (χ1) is 11.8. The highest BCUT2D eigenvalue weighted by Crippen LogP contribution is 2.37. The van der Waals surface area contributed by atoms with Crippen LogP contribution in [0.15, 0.2) is 18.5 Å². The summed E-state index contributed by atoms with van der Waals surface area (Å²) in [5.41, 5.74) is 0.902. The van der Waals surface area contributed by atoms with Gasteiger partial charge in [-0.15, -0.1) is 0 Å². The number of nitrogens with one attached hydrogen (secondary N) is 1. The second-order valence-corrected chi connectivity index (χ2v) is 6.83. The van der Waals surface area contributed by atoms with Gasteiger partial charge < -0.3 is 5.32 Å². The highest BCUT2D eigenvalue weighted by molar-refractivity contribution is 5.97. The fourth-order valence-corrected chi connectivity index (χ4v) is 3.39. The molecule has 0 bridgehead atoms. The van der Waals surface area contributed by atoms with Crippen LogP contribution in [0.5, 0.6) is 0 Å². The molecule has 136 valence electrons. The van der Waals surface area contributed by atoms with Crippen LogP contribution in [0.4, 0.5) is 13.2 Å². The van der Waals surface area contributed by atoms with Crippen LogP contribution < -0.4 is 5.32 Å². The first kappa shape index (κ1) is 17.7. The Morgan fingerprint density at radius 3 is 2.68 bits per heavy atom. The molecular weight excluding hydrogens is 333 g/mol. The Bertz CT molecular complexity index is 769. The van der Waals surface area contributed by atoms with Gasteiger partial charge in [0.2, 0.25) is 0 Å². The zero-order chi connectivity index (χ0) is 18.2. The van der Waals surface area contributed by atoms with Crippen molar-refractivity contribution in [2.45, 2.75) is 57.8 Å². The molecule has 0 radical (unpaired) electrons. The Hall–Kier alpha value is -2.12. The SMILES string of the molecule is CC(C)n1ncc2cc(C(=O)NC3CCCCC3C(F)(F)F)cnc21. The first-order valence-electron chi connectivity index (χ1n) is 8.48. The molecule has 3 rings (SSSR count). The van der Waals surface area contributed by atoms with Crippen LogP contribution in [0.3, 0.4) is 0 Å². The van der Waals surface area contributed by atoms with Gasteiger partial charge in [-0.05, 0) is 32.8 Å². The second-order valence-electron chi connectivity index (χ2n) is 6.83. The van der Waals surface area contributed by atoms with E-state index in [9.17, 15) is 18.0 Å². The van der Waals surface area contributed by atoms with Gasteiger partial charge in [0.1, 0.15) is 0 Å². The van der Waals surface area contributed by atoms with Crippen molar-refractivity contribution in [1.82, 2.24) is 20.1 Å². The highest BCUT2D eigenvalue weighted by atomic mass is 19.4. The molecule has 0 aromatic carbocycles. The van der Waals surface area contributed by atoms with E-state index < -0.39 is 24.0 Å². The molecule has 0 aliphatic heterocycles. The molecule has 1 aliphatic carbocycles. The van der Waals surface area contributed by atoms with Gasteiger partial charge in [0.25, 0.3) is 5.91 Å². The topological polar surface area (TPSA) is 59.8 Å². The van der Waals surface area contributed by atoms with Gasteiger partial charge in [-0.25, -0.2) is 9.67 Å². The van der Waals surface area contributed by atoms with Crippen LogP contribution >= 0.6 is 0 Å². The van der Waals surface area contributed by atoms with Crippen LogP contribution in [0.1, 0.15) is 55.9 Å². The molecule has 1 fully saturated rings. The molecule has 5 nitrogen and oxygen atoms in total. The Morgan fingerprint density at radius 1 is 1.28 bits per heavy atom. The number of pyridine rings is 1. The van der Waals surface area contributed by atoms with E-state index >= 15 is 0 Å². The Kier molecular flexibility index (Phi) is 4.71. The molecule has 2 aromatic heterocycles. The van der Waals surface area contributed by atoms with E-state index in [1.807, 2.05) is 13.8 Å². The Balaban J connectivity index is 1.79. The predicted octanol–water partition coefficient (Wildman–Crippen LogP) is 3.86. The number of halogens is 3. The summed E-state index contributed by atoms with van der Waals surface area (Å²) in [7, 11) is 0. The number of nitrogens with zero attached hydrogens (tertiary/aromatic N) is 3. The average molecular weight is 354 g/mol. The van der Waals surface area contributed by atoms with Crippen LogP contribution in [-0.2, 0) is 0 Å².